The van der Waals surface area contributed by atoms with Gasteiger partial charge in [-0.2, -0.15) is 15.1 Å². The number of fused-ring (bicyclic) bond motifs is 2. The van der Waals surface area contributed by atoms with Crippen LogP contribution in [0.4, 0.5) is 11.8 Å². The Kier molecular flexibility index (Phi) is 4.62. The standard InChI is InChI=1S/C22H26N8O3S/c1-14-13-33-11-10-28(14)18-15-12-24-30(34(31,32)22(2)8-9-22)19(15)27-21(26-18)29-17-7-5-4-6-16(17)25-20(29)23-3/h4-7,12,14H,8-11,13H2,1-3H3,(H,23,25). The summed E-state index contributed by atoms with van der Waals surface area (Å²) in [6.07, 6.45) is 2.78. The molecular formula is C22H26N8O3S. The van der Waals surface area contributed by atoms with E-state index in [0.717, 1.165) is 15.1 Å². The van der Waals surface area contributed by atoms with Gasteiger partial charge in [0, 0.05) is 13.6 Å². The summed E-state index contributed by atoms with van der Waals surface area (Å²) in [5.74, 6) is 1.53. The number of aromatic nitrogens is 6. The molecule has 1 aromatic carbocycles. The molecule has 1 saturated carbocycles. The topological polar surface area (TPSA) is 120 Å². The molecule has 1 saturated heterocycles. The van der Waals surface area contributed by atoms with Crippen LogP contribution < -0.4 is 10.2 Å². The predicted octanol–water partition coefficient (Wildman–Crippen LogP) is 2.16. The Balaban J connectivity index is 1.65. The number of morpholine rings is 1. The highest BCUT2D eigenvalue weighted by Gasteiger charge is 2.52. The van der Waals surface area contributed by atoms with Crippen LogP contribution in [0.3, 0.4) is 0 Å². The Morgan fingerprint density at radius 2 is 1.97 bits per heavy atom. The lowest BCUT2D eigenvalue weighted by molar-refractivity contribution is 0.0987. The number of hydrogen-bond acceptors (Lipinski definition) is 9. The van der Waals surface area contributed by atoms with Crippen molar-refractivity contribution in [2.75, 3.05) is 37.0 Å². The molecule has 0 spiro atoms. The minimum Gasteiger partial charge on any atom is -0.377 e. The van der Waals surface area contributed by atoms with Gasteiger partial charge in [-0.3, -0.25) is 0 Å². The van der Waals surface area contributed by atoms with Crippen LogP contribution in [0.5, 0.6) is 0 Å². The van der Waals surface area contributed by atoms with Crippen molar-refractivity contribution in [3.05, 3.63) is 30.5 Å². The Labute approximate surface area is 196 Å². The molecule has 1 aliphatic carbocycles. The number of anilines is 2. The van der Waals surface area contributed by atoms with Crippen LogP contribution in [-0.4, -0.2) is 74.7 Å². The maximum atomic E-state index is 13.5. The molecule has 178 valence electrons. The lowest BCUT2D eigenvalue weighted by Gasteiger charge is -2.34. The van der Waals surface area contributed by atoms with Gasteiger partial charge in [-0.1, -0.05) is 12.1 Å². The number of benzene rings is 1. The molecular weight excluding hydrogens is 456 g/mol. The van der Waals surface area contributed by atoms with Crippen molar-refractivity contribution in [2.24, 2.45) is 0 Å². The van der Waals surface area contributed by atoms with Gasteiger partial charge in [-0.05, 0) is 38.8 Å². The molecule has 4 aromatic rings. The average molecular weight is 483 g/mol. The van der Waals surface area contributed by atoms with E-state index < -0.39 is 14.8 Å². The molecule has 1 N–H and O–H groups in total. The van der Waals surface area contributed by atoms with Crippen LogP contribution in [0.25, 0.3) is 28.0 Å². The zero-order chi connectivity index (χ0) is 23.7. The first-order chi connectivity index (χ1) is 16.3. The predicted molar refractivity (Wildman–Crippen MR) is 129 cm³/mol. The third kappa shape index (κ3) is 3.01. The van der Waals surface area contributed by atoms with Gasteiger partial charge in [0.1, 0.15) is 5.82 Å². The lowest BCUT2D eigenvalue weighted by atomic mass is 10.2. The van der Waals surface area contributed by atoms with Gasteiger partial charge in [-0.15, -0.1) is 4.09 Å². The number of ether oxygens (including phenoxy) is 1. The van der Waals surface area contributed by atoms with Gasteiger partial charge in [0.05, 0.1) is 46.6 Å². The molecule has 1 aliphatic heterocycles. The molecule has 6 rings (SSSR count). The minimum absolute atomic E-state index is 0.0592. The number of para-hydroxylation sites is 2. The van der Waals surface area contributed by atoms with E-state index in [2.05, 4.69) is 27.2 Å². The summed E-state index contributed by atoms with van der Waals surface area (Å²) in [4.78, 5) is 16.5. The molecule has 2 fully saturated rings. The SMILES string of the molecule is CNc1nc2ccccc2n1-c1nc(N2CCOCC2C)c2cnn(S(=O)(=O)C3(C)CC3)c2n1. The van der Waals surface area contributed by atoms with E-state index >= 15 is 0 Å². The van der Waals surface area contributed by atoms with E-state index in [4.69, 9.17) is 14.7 Å². The summed E-state index contributed by atoms with van der Waals surface area (Å²) in [7, 11) is -1.94. The van der Waals surface area contributed by atoms with Gasteiger partial charge in [0.2, 0.25) is 11.9 Å². The van der Waals surface area contributed by atoms with Crippen molar-refractivity contribution in [3.8, 4) is 5.95 Å². The highest BCUT2D eigenvalue weighted by Crippen LogP contribution is 2.44. The zero-order valence-corrected chi connectivity index (χ0v) is 20.1. The van der Waals surface area contributed by atoms with Crippen LogP contribution in [0.2, 0.25) is 0 Å². The van der Waals surface area contributed by atoms with E-state index in [0.29, 0.717) is 55.7 Å². The third-order valence-corrected chi connectivity index (χ3v) is 9.17. The Morgan fingerprint density at radius 3 is 2.71 bits per heavy atom. The van der Waals surface area contributed by atoms with Crippen molar-refractivity contribution < 1.29 is 13.2 Å². The molecule has 3 aromatic heterocycles. The molecule has 0 bridgehead atoms. The maximum Gasteiger partial charge on any atom is 0.261 e. The van der Waals surface area contributed by atoms with Crippen molar-refractivity contribution in [3.63, 3.8) is 0 Å². The number of nitrogens with one attached hydrogen (secondary N) is 1. The number of imidazole rings is 1. The van der Waals surface area contributed by atoms with E-state index in [1.165, 1.54) is 0 Å². The second-order valence-corrected chi connectivity index (χ2v) is 11.4. The van der Waals surface area contributed by atoms with E-state index in [9.17, 15) is 8.42 Å². The summed E-state index contributed by atoms with van der Waals surface area (Å²) in [5, 5.41) is 8.02. The molecule has 4 heterocycles. The fourth-order valence-electron chi connectivity index (χ4n) is 4.44. The molecule has 0 radical (unpaired) electrons. The van der Waals surface area contributed by atoms with Crippen LogP contribution in [0.15, 0.2) is 30.5 Å². The Hall–Kier alpha value is -3.25. The molecule has 1 atom stereocenters. The van der Waals surface area contributed by atoms with E-state index in [1.807, 2.05) is 28.8 Å². The molecule has 12 heteroatoms. The molecule has 11 nitrogen and oxygen atoms in total. The molecule has 1 unspecified atom stereocenters. The fourth-order valence-corrected chi connectivity index (χ4v) is 6.01. The first-order valence-corrected chi connectivity index (χ1v) is 12.8. The summed E-state index contributed by atoms with van der Waals surface area (Å²) in [5.41, 5.74) is 1.87. The second kappa shape index (κ2) is 7.37. The Morgan fingerprint density at radius 1 is 1.18 bits per heavy atom. The summed E-state index contributed by atoms with van der Waals surface area (Å²) >= 11 is 0. The van der Waals surface area contributed by atoms with Crippen molar-refractivity contribution in [1.82, 2.24) is 28.7 Å². The summed E-state index contributed by atoms with van der Waals surface area (Å²) in [6.45, 7) is 5.56. The van der Waals surface area contributed by atoms with Gasteiger partial charge in [-0.25, -0.2) is 18.0 Å². The van der Waals surface area contributed by atoms with Crippen molar-refractivity contribution in [2.45, 2.75) is 37.5 Å². The van der Waals surface area contributed by atoms with Crippen LogP contribution in [0.1, 0.15) is 26.7 Å². The van der Waals surface area contributed by atoms with Crippen molar-refractivity contribution in [1.29, 1.82) is 0 Å². The largest absolute Gasteiger partial charge is 0.377 e. The second-order valence-electron chi connectivity index (χ2n) is 9.15. The maximum absolute atomic E-state index is 13.5. The normalized spacial score (nSPS) is 20.2. The molecule has 2 aliphatic rings. The van der Waals surface area contributed by atoms with Gasteiger partial charge >= 0.3 is 0 Å². The van der Waals surface area contributed by atoms with Crippen LogP contribution >= 0.6 is 0 Å². The minimum atomic E-state index is -3.72. The van der Waals surface area contributed by atoms with Crippen molar-refractivity contribution >= 4 is 43.9 Å². The highest BCUT2D eigenvalue weighted by molar-refractivity contribution is 7.91. The van der Waals surface area contributed by atoms with Gasteiger partial charge in [0.25, 0.3) is 10.0 Å². The number of rotatable bonds is 5. The highest BCUT2D eigenvalue weighted by atomic mass is 32.2. The first kappa shape index (κ1) is 21.3. The zero-order valence-electron chi connectivity index (χ0n) is 19.3. The lowest BCUT2D eigenvalue weighted by Crippen LogP contribution is -2.44. The number of hydrogen-bond donors (Lipinski definition) is 1. The molecule has 34 heavy (non-hydrogen) atoms. The van der Waals surface area contributed by atoms with E-state index in [-0.39, 0.29) is 11.7 Å². The third-order valence-electron chi connectivity index (χ3n) is 6.80. The van der Waals surface area contributed by atoms with E-state index in [1.54, 1.807) is 20.2 Å². The smallest absolute Gasteiger partial charge is 0.261 e. The summed E-state index contributed by atoms with van der Waals surface area (Å²) in [6, 6.07) is 7.75. The quantitative estimate of drug-likeness (QED) is 0.456. The Bertz CT molecular complexity index is 1520. The van der Waals surface area contributed by atoms with Crippen LogP contribution in [0, 0.1) is 0 Å². The van der Waals surface area contributed by atoms with Gasteiger partial charge < -0.3 is 15.0 Å². The first-order valence-electron chi connectivity index (χ1n) is 11.3. The monoisotopic (exact) mass is 482 g/mol. The summed E-state index contributed by atoms with van der Waals surface area (Å²) < 4.78 is 34.6. The fraction of sp³-hybridized carbons (Fsp3) is 0.455. The van der Waals surface area contributed by atoms with Crippen LogP contribution in [-0.2, 0) is 14.8 Å². The average Bonchev–Trinajstić information content (AvgIpc) is 3.29. The number of nitrogens with zero attached hydrogens (tertiary/aromatic N) is 7. The van der Waals surface area contributed by atoms with Gasteiger partial charge in [0.15, 0.2) is 5.65 Å². The molecule has 0 amide bonds.